The van der Waals surface area contributed by atoms with Gasteiger partial charge in [-0.05, 0) is 76.9 Å². The van der Waals surface area contributed by atoms with Crippen molar-refractivity contribution < 1.29 is 46.8 Å². The Balaban J connectivity index is 0.000000198. The first-order chi connectivity index (χ1) is 39.4. The number of rotatable bonds is 20. The van der Waals surface area contributed by atoms with Crippen molar-refractivity contribution in [2.75, 3.05) is 68.0 Å². The summed E-state index contributed by atoms with van der Waals surface area (Å²) in [6.45, 7) is 8.10. The minimum absolute atomic E-state index is 0.0620. The number of carbonyl (C=O) groups excluding carboxylic acids is 2. The van der Waals surface area contributed by atoms with E-state index in [1.165, 1.54) is 140 Å². The predicted molar refractivity (Wildman–Crippen MR) is 299 cm³/mol. The fourth-order valence-corrected chi connectivity index (χ4v) is 12.8. The average Bonchev–Trinajstić information content (AvgIpc) is 3.11. The highest BCUT2D eigenvalue weighted by atomic mass is 32.1. The Morgan fingerprint density at radius 1 is 0.585 bits per heavy atom. The molecule has 6 aromatic heterocycles. The lowest BCUT2D eigenvalue weighted by atomic mass is 9.91. The number of carbonyl (C=O) groups is 2. The molecule has 2 aromatic carbocycles. The zero-order valence-corrected chi connectivity index (χ0v) is 48.0. The molecule has 2 fully saturated rings. The van der Waals surface area contributed by atoms with Crippen LogP contribution < -0.4 is 42.6 Å². The molecule has 8 aromatic rings. The molecule has 2 saturated heterocycles. The van der Waals surface area contributed by atoms with E-state index in [4.69, 9.17) is 28.4 Å². The van der Waals surface area contributed by atoms with Crippen molar-refractivity contribution in [3.63, 3.8) is 0 Å². The van der Waals surface area contributed by atoms with Crippen LogP contribution in [0.2, 0.25) is 0 Å². The van der Waals surface area contributed by atoms with Gasteiger partial charge in [0.15, 0.2) is 0 Å². The van der Waals surface area contributed by atoms with Crippen LogP contribution in [0, 0.1) is 25.5 Å². The standard InChI is InChI=1S/2C27H31FN6O6S/c2*1-16-22-23(36)33(27(2)8-7-21(35)29-15-27)26(37)32(25(22)41-24(16)34-30-9-10-31-34)14-20(40-12-11-38-3)18-13-17(28)5-6-19(18)39-4/h2*5-6,9-10,13,20H,7-8,11-12,14-15H2,1-4H3,(H,29,35)/t20-,27?;20-,27-/m00/s1. The summed E-state index contributed by atoms with van der Waals surface area (Å²) in [5.41, 5.74) is -2.00. The molecule has 0 radical (unpaired) electrons. The van der Waals surface area contributed by atoms with E-state index in [-0.39, 0.29) is 77.3 Å². The minimum atomic E-state index is -0.973. The summed E-state index contributed by atoms with van der Waals surface area (Å²) >= 11 is 2.40. The predicted octanol–water partition coefficient (Wildman–Crippen LogP) is 4.58. The molecule has 10 rings (SSSR count). The summed E-state index contributed by atoms with van der Waals surface area (Å²) in [5, 5.41) is 24.3. The Bertz CT molecular complexity index is 3620. The Morgan fingerprint density at radius 3 is 1.29 bits per heavy atom. The van der Waals surface area contributed by atoms with E-state index >= 15 is 0 Å². The normalized spacial score (nSPS) is 18.0. The number of hydrogen-bond acceptors (Lipinski definition) is 18. The number of aromatic nitrogens is 10. The number of amides is 2. The summed E-state index contributed by atoms with van der Waals surface area (Å²) in [6, 6.07) is 8.18. The van der Waals surface area contributed by atoms with Crippen molar-refractivity contribution in [3.05, 3.63) is 137 Å². The smallest absolute Gasteiger partial charge is 0.332 e. The number of thiophene rings is 2. The minimum Gasteiger partial charge on any atom is -0.496 e. The topological polar surface area (TPSA) is 263 Å². The van der Waals surface area contributed by atoms with Crippen molar-refractivity contribution in [2.24, 2.45) is 0 Å². The maximum Gasteiger partial charge on any atom is 0.332 e. The van der Waals surface area contributed by atoms with Crippen LogP contribution in [0.5, 0.6) is 11.5 Å². The molecule has 0 aliphatic carbocycles. The van der Waals surface area contributed by atoms with Gasteiger partial charge >= 0.3 is 11.4 Å². The van der Waals surface area contributed by atoms with Gasteiger partial charge in [-0.2, -0.15) is 20.4 Å². The number of fused-ring (bicyclic) bond motifs is 2. The first kappa shape index (κ1) is 58.9. The van der Waals surface area contributed by atoms with Gasteiger partial charge < -0.3 is 39.1 Å². The first-order valence-electron chi connectivity index (χ1n) is 26.1. The van der Waals surface area contributed by atoms with Crippen LogP contribution in [0.3, 0.4) is 0 Å². The van der Waals surface area contributed by atoms with Crippen LogP contribution in [0.4, 0.5) is 8.78 Å². The Labute approximate surface area is 474 Å². The zero-order valence-electron chi connectivity index (χ0n) is 46.4. The fourth-order valence-electron chi connectivity index (χ4n) is 10.3. The van der Waals surface area contributed by atoms with Gasteiger partial charge in [0.25, 0.3) is 11.1 Å². The summed E-state index contributed by atoms with van der Waals surface area (Å²) in [6.07, 6.45) is 5.39. The zero-order chi connectivity index (χ0) is 58.6. The molecule has 2 aliphatic heterocycles. The number of ether oxygens (including phenoxy) is 6. The van der Waals surface area contributed by atoms with Crippen molar-refractivity contribution in [1.82, 2.24) is 58.9 Å². The summed E-state index contributed by atoms with van der Waals surface area (Å²) in [7, 11) is 6.01. The van der Waals surface area contributed by atoms with Crippen LogP contribution in [-0.2, 0) is 52.7 Å². The maximum atomic E-state index is 14.5. The third kappa shape index (κ3) is 11.5. The molecule has 2 N–H and O–H groups in total. The second-order valence-corrected chi connectivity index (χ2v) is 22.1. The van der Waals surface area contributed by atoms with E-state index in [1.54, 1.807) is 27.7 Å². The monoisotopic (exact) mass is 1170 g/mol. The fraction of sp³-hybridized carbons (Fsp3) is 0.444. The van der Waals surface area contributed by atoms with Crippen molar-refractivity contribution in [1.29, 1.82) is 0 Å². The van der Waals surface area contributed by atoms with Crippen LogP contribution >= 0.6 is 22.7 Å². The van der Waals surface area contributed by atoms with Gasteiger partial charge in [0, 0.05) is 62.4 Å². The number of piperidine rings is 2. The Morgan fingerprint density at radius 2 is 0.963 bits per heavy atom. The number of benzene rings is 2. The van der Waals surface area contributed by atoms with Crippen LogP contribution in [0.1, 0.15) is 74.0 Å². The van der Waals surface area contributed by atoms with E-state index < -0.39 is 57.4 Å². The van der Waals surface area contributed by atoms with Gasteiger partial charge in [-0.15, -0.1) is 9.59 Å². The van der Waals surface area contributed by atoms with Crippen molar-refractivity contribution in [2.45, 2.75) is 89.8 Å². The molecule has 82 heavy (non-hydrogen) atoms. The molecule has 0 saturated carbocycles. The second-order valence-electron chi connectivity index (χ2n) is 20.2. The lowest BCUT2D eigenvalue weighted by Crippen LogP contribution is -2.57. The quantitative estimate of drug-likeness (QED) is 0.0990. The van der Waals surface area contributed by atoms with Crippen LogP contribution in [0.25, 0.3) is 30.4 Å². The number of halogens is 2. The lowest BCUT2D eigenvalue weighted by molar-refractivity contribution is -0.124. The highest BCUT2D eigenvalue weighted by Crippen LogP contribution is 2.37. The SMILES string of the molecule is COCCO[C@@H](Cn1c(=O)n(C2(C)CCC(=O)NC2)c(=O)c2c(C)c(-n3nccn3)sc21)c1cc(F)ccc1OC.COCCO[C@@H](Cn1c(=O)n([C@@]2(C)CCC(=O)NC2)c(=O)c2c(C)c(-n3nccn3)sc21)c1cc(F)ccc1OC. The van der Waals surface area contributed by atoms with Gasteiger partial charge in [0.2, 0.25) is 11.8 Å². The highest BCUT2D eigenvalue weighted by Gasteiger charge is 2.39. The third-order valence-electron chi connectivity index (χ3n) is 14.8. The summed E-state index contributed by atoms with van der Waals surface area (Å²) < 4.78 is 67.9. The highest BCUT2D eigenvalue weighted by molar-refractivity contribution is 7.21. The number of hydrogen-bond donors (Lipinski definition) is 2. The largest absolute Gasteiger partial charge is 0.496 e. The lowest BCUT2D eigenvalue weighted by Gasteiger charge is -2.35. The molecule has 4 atom stereocenters. The molecule has 28 heteroatoms. The molecule has 1 unspecified atom stereocenters. The van der Waals surface area contributed by atoms with Crippen LogP contribution in [0.15, 0.2) is 80.4 Å². The molecular weight excluding hydrogens is 1110 g/mol. The number of nitrogens with one attached hydrogen (secondary N) is 2. The third-order valence-corrected chi connectivity index (χ3v) is 17.3. The number of aryl methyl sites for hydroxylation is 2. The van der Waals surface area contributed by atoms with E-state index in [2.05, 4.69) is 31.0 Å². The van der Waals surface area contributed by atoms with Crippen LogP contribution in [-0.4, -0.2) is 128 Å². The molecule has 436 valence electrons. The second kappa shape index (κ2) is 24.8. The van der Waals surface area contributed by atoms with Gasteiger partial charge in [0.05, 0.1) is 100 Å². The number of methoxy groups -OCH3 is 4. The number of nitrogens with zero attached hydrogens (tertiary/aromatic N) is 10. The molecule has 24 nitrogen and oxygen atoms in total. The van der Waals surface area contributed by atoms with Crippen molar-refractivity contribution in [3.8, 4) is 21.5 Å². The average molecular weight is 1170 g/mol. The van der Waals surface area contributed by atoms with E-state index in [9.17, 15) is 37.5 Å². The molecule has 0 spiro atoms. The van der Waals surface area contributed by atoms with E-state index in [1.807, 2.05) is 0 Å². The van der Waals surface area contributed by atoms with Crippen molar-refractivity contribution >= 4 is 54.9 Å². The van der Waals surface area contributed by atoms with E-state index in [0.29, 0.717) is 77.0 Å². The molecule has 2 amide bonds. The Hall–Kier alpha value is -7.76. The molecule has 0 bridgehead atoms. The molecule has 8 heterocycles. The Kier molecular flexibility index (Phi) is 17.8. The van der Waals surface area contributed by atoms with Gasteiger partial charge in [-0.3, -0.25) is 37.4 Å². The summed E-state index contributed by atoms with van der Waals surface area (Å²) in [4.78, 5) is 84.3. The van der Waals surface area contributed by atoms with Gasteiger partial charge in [-0.25, -0.2) is 18.4 Å². The molecule has 2 aliphatic rings. The summed E-state index contributed by atoms with van der Waals surface area (Å²) in [5.74, 6) is -0.489. The van der Waals surface area contributed by atoms with E-state index in [0.717, 1.165) is 0 Å². The molecular formula is C54H62F2N12O12S2. The van der Waals surface area contributed by atoms with Gasteiger partial charge in [0.1, 0.15) is 55.0 Å². The van der Waals surface area contributed by atoms with Gasteiger partial charge in [-0.1, -0.05) is 22.7 Å². The first-order valence-corrected chi connectivity index (χ1v) is 27.7. The maximum absolute atomic E-state index is 14.5.